The number of ether oxygens (including phenoxy) is 3. The third-order valence-corrected chi connectivity index (χ3v) is 10.8. The molecule has 0 saturated heterocycles. The summed E-state index contributed by atoms with van der Waals surface area (Å²) < 4.78 is 9.95. The van der Waals surface area contributed by atoms with Gasteiger partial charge in [-0.25, -0.2) is 0 Å². The highest BCUT2D eigenvalue weighted by Gasteiger charge is 2.39. The molecule has 0 fully saturated rings. The number of nitrogens with zero attached hydrogens (tertiary/aromatic N) is 3. The topological polar surface area (TPSA) is 66.4 Å². The molecule has 0 radical (unpaired) electrons. The second-order valence-corrected chi connectivity index (χ2v) is 15.5. The molecule has 0 saturated carbocycles. The van der Waals surface area contributed by atoms with Crippen LogP contribution >= 0.6 is 174 Å². The minimum absolute atomic E-state index is 0.0505. The highest BCUT2D eigenvalue weighted by atomic mass is 35.5. The number of aromatic nitrogens is 3. The Bertz CT molecular complexity index is 1570. The van der Waals surface area contributed by atoms with Crippen LogP contribution < -0.4 is 14.2 Å². The summed E-state index contributed by atoms with van der Waals surface area (Å²) in [5.74, 6) is 0. The van der Waals surface area contributed by atoms with Crippen LogP contribution in [0.2, 0.25) is 45.2 Å². The summed E-state index contributed by atoms with van der Waals surface area (Å²) in [6.07, 6.45) is 0. The second kappa shape index (κ2) is 14.7. The fraction of sp³-hybridized carbons (Fsp3) is 0.125. The molecule has 1 aromatic heterocycles. The van der Waals surface area contributed by atoms with Crippen molar-refractivity contribution < 1.29 is 14.2 Å². The molecule has 0 aliphatic carbocycles. The zero-order chi connectivity index (χ0) is 33.6. The number of alkyl halides is 6. The summed E-state index contributed by atoms with van der Waals surface area (Å²) in [6.45, 7) is 0. The lowest BCUT2D eigenvalue weighted by Crippen LogP contribution is -2.25. The molecule has 21 heteroatoms. The Morgan fingerprint density at radius 2 is 0.578 bits per heavy atom. The fourth-order valence-electron chi connectivity index (χ4n) is 3.22. The molecule has 0 atom stereocenters. The molecule has 0 N–H and O–H groups in total. The van der Waals surface area contributed by atoms with Gasteiger partial charge in [0.2, 0.25) is 0 Å². The van der Waals surface area contributed by atoms with E-state index >= 15 is 0 Å². The number of halogens is 15. The van der Waals surface area contributed by atoms with Gasteiger partial charge in [-0.3, -0.25) is 0 Å². The van der Waals surface area contributed by atoms with Crippen molar-refractivity contribution in [2.75, 3.05) is 0 Å². The van der Waals surface area contributed by atoms with Crippen LogP contribution in [0.5, 0.6) is 18.0 Å². The van der Waals surface area contributed by atoms with Gasteiger partial charge in [-0.1, -0.05) is 174 Å². The van der Waals surface area contributed by atoms with Crippen LogP contribution in [0.3, 0.4) is 0 Å². The van der Waals surface area contributed by atoms with Crippen LogP contribution in [0.15, 0.2) is 36.4 Å². The molecular formula is C24H6Cl15N3O3. The van der Waals surface area contributed by atoms with Crippen molar-refractivity contribution in [3.8, 4) is 18.0 Å². The molecular weight excluding hydrogens is 910 g/mol. The summed E-state index contributed by atoms with van der Waals surface area (Å²) in [5.41, 5.74) is -0.151. The molecule has 0 spiro atoms. The van der Waals surface area contributed by atoms with Crippen molar-refractivity contribution in [3.05, 3.63) is 98.3 Å². The van der Waals surface area contributed by atoms with Gasteiger partial charge in [0.15, 0.2) is 0 Å². The summed E-state index contributed by atoms with van der Waals surface area (Å²) in [5, 5.41) is -0.253. The van der Waals surface area contributed by atoms with Gasteiger partial charge >= 0.3 is 18.0 Å². The van der Waals surface area contributed by atoms with E-state index in [2.05, 4.69) is 15.0 Å². The first kappa shape index (κ1) is 38.2. The van der Waals surface area contributed by atoms with E-state index in [1.54, 1.807) is 0 Å². The predicted molar refractivity (Wildman–Crippen MR) is 186 cm³/mol. The SMILES string of the molecule is Clc1ccc(C(Cl)(Cl)Oc2nc(OC(Cl)(Cl)c3ccc(Cl)c(Cl)c3Cl)nc(OC(Cl)(Cl)c3ccc(Cl)c(Cl)c3Cl)n2)c(Cl)c1Cl. The molecule has 0 unspecified atom stereocenters. The number of hydrogen-bond acceptors (Lipinski definition) is 6. The number of benzene rings is 3. The van der Waals surface area contributed by atoms with Crippen LogP contribution in [0, 0.1) is 0 Å². The first-order valence-electron chi connectivity index (χ1n) is 11.1. The van der Waals surface area contributed by atoms with Crippen LogP contribution in [-0.4, -0.2) is 15.0 Å². The molecule has 4 rings (SSSR count). The molecule has 45 heavy (non-hydrogen) atoms. The van der Waals surface area contributed by atoms with Crippen molar-refractivity contribution in [1.29, 1.82) is 0 Å². The number of hydrogen-bond donors (Lipinski definition) is 0. The average molecular weight is 916 g/mol. The highest BCUT2D eigenvalue weighted by molar-refractivity contribution is 6.53. The molecule has 0 bridgehead atoms. The van der Waals surface area contributed by atoms with Gasteiger partial charge in [0.1, 0.15) is 0 Å². The Hall–Kier alpha value is 0.420. The fourth-order valence-corrected chi connectivity index (χ4v) is 6.87. The Labute approximate surface area is 329 Å². The lowest BCUT2D eigenvalue weighted by molar-refractivity contribution is 0.174. The van der Waals surface area contributed by atoms with E-state index in [-0.39, 0.29) is 61.9 Å². The zero-order valence-electron chi connectivity index (χ0n) is 20.7. The zero-order valence-corrected chi connectivity index (χ0v) is 32.0. The summed E-state index contributed by atoms with van der Waals surface area (Å²) in [6, 6.07) is 6.18. The van der Waals surface area contributed by atoms with E-state index in [9.17, 15) is 0 Å². The van der Waals surface area contributed by atoms with Gasteiger partial charge < -0.3 is 14.2 Å². The Morgan fingerprint density at radius 1 is 0.356 bits per heavy atom. The van der Waals surface area contributed by atoms with E-state index in [0.717, 1.165) is 0 Å². The maximum atomic E-state index is 6.48. The maximum Gasteiger partial charge on any atom is 0.328 e. The summed E-state index contributed by atoms with van der Waals surface area (Å²) >= 11 is 94.2. The Balaban J connectivity index is 1.80. The lowest BCUT2D eigenvalue weighted by atomic mass is 10.2. The Morgan fingerprint density at radius 3 is 0.800 bits per heavy atom. The van der Waals surface area contributed by atoms with E-state index < -0.39 is 31.6 Å². The summed E-state index contributed by atoms with van der Waals surface area (Å²) in [4.78, 5) is 12.0. The second-order valence-electron chi connectivity index (χ2n) is 8.21. The van der Waals surface area contributed by atoms with Gasteiger partial charge in [0, 0.05) is 16.7 Å². The van der Waals surface area contributed by atoms with Crippen molar-refractivity contribution >= 4 is 174 Å². The first-order valence-corrected chi connectivity index (χ1v) is 16.8. The van der Waals surface area contributed by atoms with E-state index in [1.165, 1.54) is 36.4 Å². The molecule has 1 heterocycles. The molecule has 0 amide bonds. The third-order valence-electron chi connectivity index (χ3n) is 5.28. The smallest absolute Gasteiger partial charge is 0.328 e. The number of rotatable bonds is 9. The molecule has 4 aromatic rings. The average Bonchev–Trinajstić information content (AvgIpc) is 2.92. The van der Waals surface area contributed by atoms with Crippen molar-refractivity contribution in [2.45, 2.75) is 13.6 Å². The molecule has 240 valence electrons. The molecule has 3 aromatic carbocycles. The summed E-state index contributed by atoms with van der Waals surface area (Å²) in [7, 11) is 0. The van der Waals surface area contributed by atoms with Crippen LogP contribution in [-0.2, 0) is 13.6 Å². The normalized spacial score (nSPS) is 12.3. The van der Waals surface area contributed by atoms with Gasteiger partial charge in [-0.05, 0) is 36.4 Å². The third kappa shape index (κ3) is 8.60. The Kier molecular flexibility index (Phi) is 12.5. The minimum Gasteiger partial charge on any atom is -0.422 e. The first-order chi connectivity index (χ1) is 20.7. The highest BCUT2D eigenvalue weighted by Crippen LogP contribution is 2.48. The van der Waals surface area contributed by atoms with Gasteiger partial charge in [-0.15, -0.1) is 15.0 Å². The minimum atomic E-state index is -2.31. The maximum absolute atomic E-state index is 6.48. The van der Waals surface area contributed by atoms with E-state index in [0.29, 0.717) is 0 Å². The van der Waals surface area contributed by atoms with Crippen LogP contribution in [0.25, 0.3) is 0 Å². The molecule has 0 aliphatic heterocycles. The van der Waals surface area contributed by atoms with Gasteiger partial charge in [0.05, 0.1) is 45.2 Å². The molecule has 6 nitrogen and oxygen atoms in total. The molecule has 0 aliphatic rings. The van der Waals surface area contributed by atoms with E-state index in [4.69, 9.17) is 188 Å². The van der Waals surface area contributed by atoms with Crippen molar-refractivity contribution in [1.82, 2.24) is 15.0 Å². The van der Waals surface area contributed by atoms with Gasteiger partial charge in [0.25, 0.3) is 13.6 Å². The lowest BCUT2D eigenvalue weighted by Gasteiger charge is -2.25. The van der Waals surface area contributed by atoms with Gasteiger partial charge in [-0.2, -0.15) is 0 Å². The monoisotopic (exact) mass is 909 g/mol. The van der Waals surface area contributed by atoms with E-state index in [1.807, 2.05) is 0 Å². The van der Waals surface area contributed by atoms with Crippen molar-refractivity contribution in [2.24, 2.45) is 0 Å². The quantitative estimate of drug-likeness (QED) is 0.123. The van der Waals surface area contributed by atoms with Crippen LogP contribution in [0.4, 0.5) is 0 Å². The van der Waals surface area contributed by atoms with Crippen LogP contribution in [0.1, 0.15) is 16.7 Å². The standard InChI is InChI=1S/C24H6Cl15N3O3/c25-10-4-1-7(13(28)16(10)31)22(34,35)43-19-40-20(44-23(36,37)8-2-5-11(26)17(32)14(8)29)42-21(41-19)45-24(38,39)9-3-6-12(27)18(33)15(9)30/h1-6H. The van der Waals surface area contributed by atoms with Crippen molar-refractivity contribution in [3.63, 3.8) is 0 Å². The largest absolute Gasteiger partial charge is 0.422 e. The predicted octanol–water partition coefficient (Wildman–Crippen LogP) is 13.8.